The Labute approximate surface area is 192 Å². The predicted molar refractivity (Wildman–Crippen MR) is 108 cm³/mol. The molecule has 7 nitrogen and oxygen atoms in total. The summed E-state index contributed by atoms with van der Waals surface area (Å²) in [4.78, 5) is 51.7. The van der Waals surface area contributed by atoms with Gasteiger partial charge < -0.3 is 10.5 Å². The standard InChI is InChI=1S/C21H15BrF4N2O5/c1-33-19(32)20(8-16(27)29)14-6-11(21(24,25)26)3-5-13(14)17(30)28(18(20)31)9-10-2-4-12(22)7-15(10)23/h2-7H,8-9H2,1H3,(H2,27,29). The maximum absolute atomic E-state index is 14.4. The fraction of sp³-hybridized carbons (Fsp3) is 0.238. The van der Waals surface area contributed by atoms with Gasteiger partial charge in [0.25, 0.3) is 11.8 Å². The van der Waals surface area contributed by atoms with E-state index in [1.807, 2.05) is 0 Å². The van der Waals surface area contributed by atoms with E-state index in [9.17, 15) is 36.7 Å². The summed E-state index contributed by atoms with van der Waals surface area (Å²) in [5.41, 5.74) is 0.0696. The minimum atomic E-state index is -4.88. The molecule has 0 fully saturated rings. The molecule has 1 aliphatic heterocycles. The van der Waals surface area contributed by atoms with Gasteiger partial charge in [0.15, 0.2) is 5.41 Å². The van der Waals surface area contributed by atoms with E-state index in [1.54, 1.807) is 0 Å². The number of carbonyl (C=O) groups is 4. The highest BCUT2D eigenvalue weighted by molar-refractivity contribution is 9.10. The Hall–Kier alpha value is -3.28. The monoisotopic (exact) mass is 530 g/mol. The van der Waals surface area contributed by atoms with Gasteiger partial charge in [-0.2, -0.15) is 13.2 Å². The zero-order valence-electron chi connectivity index (χ0n) is 16.8. The summed E-state index contributed by atoms with van der Waals surface area (Å²) in [6, 6.07) is 5.62. The summed E-state index contributed by atoms with van der Waals surface area (Å²) in [7, 11) is 0.862. The predicted octanol–water partition coefficient (Wildman–Crippen LogP) is 3.08. The van der Waals surface area contributed by atoms with Crippen LogP contribution in [0.4, 0.5) is 17.6 Å². The summed E-state index contributed by atoms with van der Waals surface area (Å²) in [5, 5.41) is 0. The van der Waals surface area contributed by atoms with Gasteiger partial charge in [0, 0.05) is 15.6 Å². The summed E-state index contributed by atoms with van der Waals surface area (Å²) < 4.78 is 59.5. The van der Waals surface area contributed by atoms with Crippen LogP contribution in [0, 0.1) is 5.82 Å². The Balaban J connectivity index is 2.28. The second-order valence-corrected chi connectivity index (χ2v) is 8.15. The smallest absolute Gasteiger partial charge is 0.416 e. The first-order valence-corrected chi connectivity index (χ1v) is 10.0. The van der Waals surface area contributed by atoms with Gasteiger partial charge in [-0.05, 0) is 35.9 Å². The molecule has 0 aromatic heterocycles. The molecule has 2 aromatic rings. The number of rotatable bonds is 5. The first-order chi connectivity index (χ1) is 15.3. The fourth-order valence-electron chi connectivity index (χ4n) is 3.68. The first-order valence-electron chi connectivity index (χ1n) is 9.21. The van der Waals surface area contributed by atoms with Gasteiger partial charge in [-0.15, -0.1) is 0 Å². The number of primary amides is 1. The second-order valence-electron chi connectivity index (χ2n) is 7.23. The largest absolute Gasteiger partial charge is 0.468 e. The number of amides is 3. The number of alkyl halides is 3. The van der Waals surface area contributed by atoms with Crippen molar-refractivity contribution >= 4 is 39.6 Å². The minimum Gasteiger partial charge on any atom is -0.468 e. The highest BCUT2D eigenvalue weighted by Crippen LogP contribution is 2.42. The third-order valence-corrected chi connectivity index (χ3v) is 5.70. The molecule has 1 unspecified atom stereocenters. The summed E-state index contributed by atoms with van der Waals surface area (Å²) >= 11 is 3.07. The average molecular weight is 531 g/mol. The van der Waals surface area contributed by atoms with E-state index in [1.165, 1.54) is 12.1 Å². The van der Waals surface area contributed by atoms with Crippen LogP contribution in [0.25, 0.3) is 0 Å². The number of ether oxygens (including phenoxy) is 1. The number of fused-ring (bicyclic) bond motifs is 1. The molecule has 0 radical (unpaired) electrons. The van der Waals surface area contributed by atoms with Crippen LogP contribution >= 0.6 is 15.9 Å². The number of nitrogens with two attached hydrogens (primary N) is 1. The van der Waals surface area contributed by atoms with Gasteiger partial charge in [0.1, 0.15) is 5.82 Å². The molecule has 0 aliphatic carbocycles. The maximum Gasteiger partial charge on any atom is 0.416 e. The number of carbonyl (C=O) groups excluding carboxylic acids is 4. The molecule has 1 aliphatic rings. The van der Waals surface area contributed by atoms with Gasteiger partial charge in [-0.3, -0.25) is 24.1 Å². The third kappa shape index (κ3) is 4.22. The van der Waals surface area contributed by atoms with Crippen molar-refractivity contribution in [1.29, 1.82) is 0 Å². The molecule has 2 N–H and O–H groups in total. The Morgan fingerprint density at radius 1 is 1.15 bits per heavy atom. The zero-order valence-corrected chi connectivity index (χ0v) is 18.4. The average Bonchev–Trinajstić information content (AvgIpc) is 2.73. The number of hydrogen-bond acceptors (Lipinski definition) is 5. The van der Waals surface area contributed by atoms with Crippen LogP contribution < -0.4 is 5.73 Å². The molecule has 2 aromatic carbocycles. The molecule has 33 heavy (non-hydrogen) atoms. The van der Waals surface area contributed by atoms with Crippen molar-refractivity contribution in [2.45, 2.75) is 24.6 Å². The normalized spacial score (nSPS) is 18.2. The van der Waals surface area contributed by atoms with Gasteiger partial charge in [0.2, 0.25) is 5.91 Å². The number of hydrogen-bond donors (Lipinski definition) is 1. The molecule has 3 rings (SSSR count). The van der Waals surface area contributed by atoms with Crippen molar-refractivity contribution in [2.24, 2.45) is 5.73 Å². The fourth-order valence-corrected chi connectivity index (χ4v) is 4.02. The lowest BCUT2D eigenvalue weighted by atomic mass is 9.70. The van der Waals surface area contributed by atoms with Crippen LogP contribution in [0.5, 0.6) is 0 Å². The molecule has 1 heterocycles. The van der Waals surface area contributed by atoms with E-state index < -0.39 is 70.8 Å². The Kier molecular flexibility index (Phi) is 6.33. The molecule has 1 atom stereocenters. The van der Waals surface area contributed by atoms with E-state index in [2.05, 4.69) is 20.7 Å². The molecule has 12 heteroatoms. The van der Waals surface area contributed by atoms with Gasteiger partial charge in [-0.25, -0.2) is 4.39 Å². The molecule has 0 bridgehead atoms. The van der Waals surface area contributed by atoms with Crippen molar-refractivity contribution in [3.8, 4) is 0 Å². The van der Waals surface area contributed by atoms with Gasteiger partial charge >= 0.3 is 12.1 Å². The van der Waals surface area contributed by atoms with Crippen LogP contribution in [-0.2, 0) is 37.3 Å². The lowest BCUT2D eigenvalue weighted by Gasteiger charge is -2.39. The SMILES string of the molecule is COC(=O)C1(CC(N)=O)C(=O)N(Cc2ccc(Br)cc2F)C(=O)c2ccc(C(F)(F)F)cc21. The van der Waals surface area contributed by atoms with Crippen LogP contribution in [0.3, 0.4) is 0 Å². The Morgan fingerprint density at radius 3 is 2.36 bits per heavy atom. The van der Waals surface area contributed by atoms with E-state index in [0.29, 0.717) is 21.5 Å². The summed E-state index contributed by atoms with van der Waals surface area (Å²) in [5.74, 6) is -5.81. The second kappa shape index (κ2) is 8.58. The number of benzene rings is 2. The maximum atomic E-state index is 14.4. The van der Waals surface area contributed by atoms with Crippen molar-refractivity contribution in [3.63, 3.8) is 0 Å². The molecular formula is C21H15BrF4N2O5. The van der Waals surface area contributed by atoms with Crippen LogP contribution in [0.1, 0.15) is 33.5 Å². The highest BCUT2D eigenvalue weighted by Gasteiger charge is 2.58. The summed E-state index contributed by atoms with van der Waals surface area (Å²) in [6.07, 6.45) is -5.95. The first kappa shape index (κ1) is 24.4. The number of imide groups is 1. The van der Waals surface area contributed by atoms with E-state index in [-0.39, 0.29) is 5.56 Å². The lowest BCUT2D eigenvalue weighted by Crippen LogP contribution is -2.59. The van der Waals surface area contributed by atoms with E-state index in [0.717, 1.165) is 19.2 Å². The zero-order chi connectivity index (χ0) is 24.7. The molecule has 0 spiro atoms. The van der Waals surface area contributed by atoms with Crippen molar-refractivity contribution < 1.29 is 41.5 Å². The van der Waals surface area contributed by atoms with Crippen molar-refractivity contribution in [1.82, 2.24) is 4.90 Å². The number of nitrogens with zero attached hydrogens (tertiary/aromatic N) is 1. The molecule has 3 amide bonds. The Bertz CT molecular complexity index is 1180. The Morgan fingerprint density at radius 2 is 1.82 bits per heavy atom. The molecule has 0 saturated heterocycles. The topological polar surface area (TPSA) is 107 Å². The lowest BCUT2D eigenvalue weighted by molar-refractivity contribution is -0.158. The van der Waals surface area contributed by atoms with E-state index in [4.69, 9.17) is 5.73 Å². The number of halogens is 5. The number of methoxy groups -OCH3 is 1. The van der Waals surface area contributed by atoms with Crippen LogP contribution in [0.15, 0.2) is 40.9 Å². The molecule has 0 saturated carbocycles. The number of esters is 1. The third-order valence-electron chi connectivity index (χ3n) is 5.21. The quantitative estimate of drug-likeness (QED) is 0.276. The van der Waals surface area contributed by atoms with Crippen molar-refractivity contribution in [3.05, 3.63) is 68.9 Å². The van der Waals surface area contributed by atoms with Crippen LogP contribution in [0.2, 0.25) is 0 Å². The molecular weight excluding hydrogens is 516 g/mol. The minimum absolute atomic E-state index is 0.117. The van der Waals surface area contributed by atoms with E-state index >= 15 is 0 Å². The van der Waals surface area contributed by atoms with Crippen LogP contribution in [-0.4, -0.2) is 35.7 Å². The van der Waals surface area contributed by atoms with Gasteiger partial charge in [0.05, 0.1) is 25.6 Å². The summed E-state index contributed by atoms with van der Waals surface area (Å²) in [6.45, 7) is -0.658. The molecule has 174 valence electrons. The highest BCUT2D eigenvalue weighted by atomic mass is 79.9. The van der Waals surface area contributed by atoms with Gasteiger partial charge in [-0.1, -0.05) is 22.0 Å². The van der Waals surface area contributed by atoms with Crippen molar-refractivity contribution in [2.75, 3.05) is 7.11 Å².